The van der Waals surface area contributed by atoms with Crippen molar-refractivity contribution in [2.45, 2.75) is 46.8 Å². The van der Waals surface area contributed by atoms with Gasteiger partial charge in [0.2, 0.25) is 0 Å². The Morgan fingerprint density at radius 3 is 1.17 bits per heavy atom. The van der Waals surface area contributed by atoms with Crippen LogP contribution in [-0.4, -0.2) is 40.9 Å². The summed E-state index contributed by atoms with van der Waals surface area (Å²) in [6.45, 7) is 0. The molecule has 1 nitrogen and oxygen atoms in total. The number of halogens is 17. The molecule has 176 valence electrons. The first-order chi connectivity index (χ1) is 12.9. The fourth-order valence-electron chi connectivity index (χ4n) is 1.78. The minimum absolute atomic E-state index is 0.0987. The van der Waals surface area contributed by atoms with Gasteiger partial charge in [-0.2, -0.15) is 70.2 Å². The molecule has 0 aliphatic heterocycles. The third-order valence-electron chi connectivity index (χ3n) is 3.55. The van der Waals surface area contributed by atoms with Crippen LogP contribution in [0.5, 0.6) is 0 Å². The van der Waals surface area contributed by atoms with E-state index in [1.165, 1.54) is 0 Å². The van der Waals surface area contributed by atoms with Crippen molar-refractivity contribution in [3.05, 3.63) is 24.2 Å². The third-order valence-corrected chi connectivity index (χ3v) is 3.79. The first kappa shape index (κ1) is 26.5. The van der Waals surface area contributed by atoms with Crippen LogP contribution in [0, 0.1) is 0 Å². The summed E-state index contributed by atoms with van der Waals surface area (Å²) in [5, 5.41) is -6.80. The molecular weight excluding hydrogens is 500 g/mol. The van der Waals surface area contributed by atoms with E-state index in [1.54, 1.807) is 0 Å². The van der Waals surface area contributed by atoms with Crippen molar-refractivity contribution in [2.75, 3.05) is 0 Å². The van der Waals surface area contributed by atoms with E-state index in [1.807, 2.05) is 0 Å². The summed E-state index contributed by atoms with van der Waals surface area (Å²) in [5.41, 5.74) is 0. The summed E-state index contributed by atoms with van der Waals surface area (Å²) in [4.78, 5) is 0. The molecule has 1 aromatic heterocycles. The van der Waals surface area contributed by atoms with Crippen molar-refractivity contribution in [3.8, 4) is 0 Å². The number of hydrogen-bond donors (Lipinski definition) is 0. The Bertz CT molecular complexity index is 747. The van der Waals surface area contributed by atoms with E-state index in [0.29, 0.717) is 6.07 Å². The molecule has 0 atom stereocenters. The van der Waals surface area contributed by atoms with Gasteiger partial charge in [0.25, 0.3) is 0 Å². The van der Waals surface area contributed by atoms with Crippen molar-refractivity contribution in [2.24, 2.45) is 0 Å². The van der Waals surface area contributed by atoms with Crippen LogP contribution in [0.25, 0.3) is 0 Å². The van der Waals surface area contributed by atoms with Crippen LogP contribution in [0.1, 0.15) is 5.76 Å². The predicted octanol–water partition coefficient (Wildman–Crippen LogP) is 7.01. The fraction of sp³-hybridized carbons (Fsp3) is 0.667. The zero-order chi connectivity index (χ0) is 24.4. The van der Waals surface area contributed by atoms with Crippen LogP contribution in [-0.2, 0) is 5.92 Å². The lowest BCUT2D eigenvalue weighted by atomic mass is 9.88. The summed E-state index contributed by atoms with van der Waals surface area (Å²) >= 11 is 3.40. The zero-order valence-electron chi connectivity index (χ0n) is 13.1. The van der Waals surface area contributed by atoms with Crippen molar-refractivity contribution in [1.82, 2.24) is 0 Å². The summed E-state index contributed by atoms with van der Waals surface area (Å²) in [6.07, 6.45) is 0.0987. The van der Waals surface area contributed by atoms with Crippen molar-refractivity contribution in [3.63, 3.8) is 0 Å². The van der Waals surface area contributed by atoms with E-state index in [4.69, 9.17) is 0 Å². The number of rotatable bonds is 8. The molecule has 0 saturated carbocycles. The van der Waals surface area contributed by atoms with E-state index in [0.717, 1.165) is 0 Å². The molecule has 0 radical (unpaired) electrons. The maximum atomic E-state index is 13.5. The molecule has 0 unspecified atom stereocenters. The molecule has 1 heterocycles. The molecule has 0 N–H and O–H groups in total. The highest BCUT2D eigenvalue weighted by Crippen LogP contribution is 2.65. The molecule has 30 heavy (non-hydrogen) atoms. The van der Waals surface area contributed by atoms with E-state index in [9.17, 15) is 70.2 Å². The average Bonchev–Trinajstić information content (AvgIpc) is 3.07. The first-order valence-electron chi connectivity index (χ1n) is 6.61. The van der Waals surface area contributed by atoms with E-state index in [2.05, 4.69) is 16.0 Å². The summed E-state index contributed by atoms with van der Waals surface area (Å²) in [6, 6.07) is 0.0680. The maximum Gasteiger partial charge on any atom is 0.393 e. The van der Waals surface area contributed by atoms with Gasteiger partial charge in [-0.1, -0.05) is 0 Å². The van der Waals surface area contributed by atoms with Crippen LogP contribution in [0.15, 0.2) is 22.8 Å². The Morgan fingerprint density at radius 2 is 0.867 bits per heavy atom. The van der Waals surface area contributed by atoms with Gasteiger partial charge in [-0.25, -0.2) is 0 Å². The van der Waals surface area contributed by atoms with Gasteiger partial charge >= 0.3 is 46.8 Å². The molecule has 0 aliphatic carbocycles. The molecule has 0 aromatic carbocycles. The number of alkyl halides is 17. The quantitative estimate of drug-likeness (QED) is 0.275. The van der Waals surface area contributed by atoms with Crippen LogP contribution in [0.3, 0.4) is 0 Å². The largest absolute Gasteiger partial charge is 0.463 e. The maximum absolute atomic E-state index is 13.5. The molecule has 0 bridgehead atoms. The Balaban J connectivity index is 3.67. The Hall–Kier alpha value is -1.55. The second-order valence-corrected chi connectivity index (χ2v) is 5.97. The first-order valence-corrected chi connectivity index (χ1v) is 6.99. The van der Waals surface area contributed by atoms with Gasteiger partial charge in [-0.15, -0.1) is 0 Å². The lowest BCUT2D eigenvalue weighted by Crippen LogP contribution is -2.74. The van der Waals surface area contributed by atoms with Crippen LogP contribution in [0.4, 0.5) is 70.2 Å². The van der Waals surface area contributed by atoms with E-state index >= 15 is 0 Å². The van der Waals surface area contributed by atoms with Crippen LogP contribution in [0.2, 0.25) is 0 Å². The predicted molar refractivity (Wildman–Crippen MR) is 63.1 cm³/mol. The van der Waals surface area contributed by atoms with Gasteiger partial charge in [-0.3, -0.25) is 0 Å². The molecule has 0 aliphatic rings. The zero-order valence-corrected chi connectivity index (χ0v) is 13.8. The monoisotopic (exact) mass is 502 g/mol. The van der Waals surface area contributed by atoms with Gasteiger partial charge < -0.3 is 4.42 Å². The van der Waals surface area contributed by atoms with Gasteiger partial charge in [-0.05, 0) is 23.7 Å². The smallest absolute Gasteiger partial charge is 0.393 e. The van der Waals surface area contributed by atoms with E-state index < -0.39 is 52.6 Å². The highest BCUT2D eigenvalue weighted by atomic mass is 35.5. The van der Waals surface area contributed by atoms with Gasteiger partial charge in [0.1, 0.15) is 0 Å². The summed E-state index contributed by atoms with van der Waals surface area (Å²) in [7, 11) is 0. The number of furan rings is 1. The fourth-order valence-corrected chi connectivity index (χ4v) is 1.89. The molecule has 18 heteroatoms. The molecule has 0 amide bonds. The Morgan fingerprint density at radius 1 is 0.533 bits per heavy atom. The average molecular weight is 503 g/mol. The lowest BCUT2D eigenvalue weighted by Gasteiger charge is -2.42. The molecule has 0 spiro atoms. The molecule has 1 aromatic rings. The lowest BCUT2D eigenvalue weighted by molar-refractivity contribution is -0.451. The van der Waals surface area contributed by atoms with E-state index in [-0.39, 0.29) is 12.3 Å². The van der Waals surface area contributed by atoms with Gasteiger partial charge in [0, 0.05) is 0 Å². The summed E-state index contributed by atoms with van der Waals surface area (Å²) < 4.78 is 215. The molecule has 1 rings (SSSR count). The van der Waals surface area contributed by atoms with Crippen molar-refractivity contribution < 1.29 is 74.7 Å². The Labute approximate surface area is 158 Å². The summed E-state index contributed by atoms with van der Waals surface area (Å²) in [5.74, 6) is -58.1. The van der Waals surface area contributed by atoms with Crippen molar-refractivity contribution >= 4 is 11.6 Å². The molecule has 0 fully saturated rings. The minimum Gasteiger partial charge on any atom is -0.463 e. The van der Waals surface area contributed by atoms with Crippen LogP contribution >= 0.6 is 11.6 Å². The van der Waals surface area contributed by atoms with Gasteiger partial charge in [0.05, 0.1) is 6.26 Å². The highest BCUT2D eigenvalue weighted by Gasteiger charge is 2.95. The Kier molecular flexibility index (Phi) is 5.93. The van der Waals surface area contributed by atoms with Gasteiger partial charge in [0.15, 0.2) is 5.76 Å². The SMILES string of the molecule is FC(F)(Cl)C(F)(F)C(F)(F)C(F)(F)C(F)(F)C(F)(F)C(F)(F)C(F)(F)c1ccco1. The standard InChI is InChI=1S/C12H3ClF16O/c13-12(28,29)11(26,27)10(24,25)9(22,23)8(20,21)7(18,19)6(16,17)5(14,15)4-2-1-3-30-4/h1-3H. The third kappa shape index (κ3) is 3.09. The highest BCUT2D eigenvalue weighted by molar-refractivity contribution is 6.22. The number of hydrogen-bond acceptors (Lipinski definition) is 1. The molecular formula is C12H3ClF16O. The normalized spacial score (nSPS) is 16.2. The van der Waals surface area contributed by atoms with Crippen molar-refractivity contribution in [1.29, 1.82) is 0 Å². The second-order valence-electron chi connectivity index (χ2n) is 5.50. The molecule has 0 saturated heterocycles. The second kappa shape index (κ2) is 6.72. The minimum atomic E-state index is -8.48. The van der Waals surface area contributed by atoms with Crippen LogP contribution < -0.4 is 0 Å². The topological polar surface area (TPSA) is 13.1 Å².